The normalized spacial score (nSPS) is 16.3. The van der Waals surface area contributed by atoms with Crippen molar-refractivity contribution in [3.05, 3.63) is 64.9 Å². The van der Waals surface area contributed by atoms with E-state index in [0.717, 1.165) is 11.3 Å². The van der Waals surface area contributed by atoms with E-state index in [4.69, 9.17) is 21.7 Å². The number of thiocarbonyl (C=S) groups is 1. The molecule has 1 atom stereocenters. The van der Waals surface area contributed by atoms with E-state index in [-0.39, 0.29) is 11.5 Å². The van der Waals surface area contributed by atoms with Crippen LogP contribution in [0.25, 0.3) is 0 Å². The average Bonchev–Trinajstić information content (AvgIpc) is 2.73. The van der Waals surface area contributed by atoms with Crippen molar-refractivity contribution in [1.82, 2.24) is 5.32 Å². The molecule has 1 aliphatic rings. The van der Waals surface area contributed by atoms with Gasteiger partial charge in [-0.2, -0.15) is 8.78 Å². The Balaban J connectivity index is 2.11. The summed E-state index contributed by atoms with van der Waals surface area (Å²) in [6.07, 6.45) is 0. The number of esters is 1. The lowest BCUT2D eigenvalue weighted by Crippen LogP contribution is -2.48. The number of methoxy groups -OCH3 is 2. The first-order valence-corrected chi connectivity index (χ1v) is 9.76. The summed E-state index contributed by atoms with van der Waals surface area (Å²) in [5, 5.41) is 3.54. The second kappa shape index (κ2) is 9.30. The molecule has 3 rings (SSSR count). The number of anilines is 1. The van der Waals surface area contributed by atoms with Gasteiger partial charge >= 0.3 is 12.6 Å². The van der Waals surface area contributed by atoms with Gasteiger partial charge in [0.2, 0.25) is 0 Å². The largest absolute Gasteiger partial charge is 0.493 e. The van der Waals surface area contributed by atoms with Gasteiger partial charge in [-0.15, -0.1) is 0 Å². The monoisotopic (exact) mass is 448 g/mol. The van der Waals surface area contributed by atoms with E-state index in [1.807, 2.05) is 31.2 Å². The Morgan fingerprint density at radius 2 is 1.87 bits per heavy atom. The van der Waals surface area contributed by atoms with Crippen molar-refractivity contribution in [3.8, 4) is 11.5 Å². The Kier molecular flexibility index (Phi) is 6.74. The van der Waals surface area contributed by atoms with Gasteiger partial charge in [0.05, 0.1) is 25.8 Å². The van der Waals surface area contributed by atoms with Crippen molar-refractivity contribution in [1.29, 1.82) is 0 Å². The number of hydrogen-bond acceptors (Lipinski definition) is 5. The molecule has 0 saturated carbocycles. The summed E-state index contributed by atoms with van der Waals surface area (Å²) < 4.78 is 40.0. The highest BCUT2D eigenvalue weighted by molar-refractivity contribution is 7.80. The number of ether oxygens (including phenoxy) is 3. The fourth-order valence-electron chi connectivity index (χ4n) is 3.50. The molecule has 0 aliphatic carbocycles. The molecule has 0 fully saturated rings. The van der Waals surface area contributed by atoms with E-state index in [2.05, 4.69) is 10.1 Å². The first-order valence-electron chi connectivity index (χ1n) is 9.36. The zero-order valence-electron chi connectivity index (χ0n) is 17.4. The molecule has 9 heteroatoms. The van der Waals surface area contributed by atoms with Crippen LogP contribution in [0.4, 0.5) is 14.5 Å². The summed E-state index contributed by atoms with van der Waals surface area (Å²) in [5.74, 6) is -0.545. The van der Waals surface area contributed by atoms with Crippen LogP contribution in [0.1, 0.15) is 24.1 Å². The second-order valence-electron chi connectivity index (χ2n) is 6.84. The SMILES string of the molecule is COC(=O)C1=C(C)N(c2cccc(C)c2)C(=S)N[C@@H]1c1ccc(OC(F)F)c(OC)c1. The molecule has 1 aliphatic heterocycles. The van der Waals surface area contributed by atoms with Crippen LogP contribution < -0.4 is 19.7 Å². The lowest BCUT2D eigenvalue weighted by molar-refractivity contribution is -0.136. The number of halogens is 2. The third-order valence-corrected chi connectivity index (χ3v) is 5.19. The molecule has 1 N–H and O–H groups in total. The third kappa shape index (κ3) is 4.61. The van der Waals surface area contributed by atoms with Crippen LogP contribution >= 0.6 is 12.2 Å². The Morgan fingerprint density at radius 1 is 1.13 bits per heavy atom. The fraction of sp³-hybridized carbons (Fsp3) is 0.273. The zero-order valence-corrected chi connectivity index (χ0v) is 18.3. The third-order valence-electron chi connectivity index (χ3n) is 4.89. The summed E-state index contributed by atoms with van der Waals surface area (Å²) in [4.78, 5) is 14.5. The quantitative estimate of drug-likeness (QED) is 0.516. The molecule has 6 nitrogen and oxygen atoms in total. The molecule has 2 aromatic rings. The maximum Gasteiger partial charge on any atom is 0.387 e. The van der Waals surface area contributed by atoms with E-state index in [9.17, 15) is 13.6 Å². The number of allylic oxidation sites excluding steroid dienone is 1. The smallest absolute Gasteiger partial charge is 0.387 e. The number of carbonyl (C=O) groups excluding carboxylic acids is 1. The van der Waals surface area contributed by atoms with Gasteiger partial charge in [-0.25, -0.2) is 4.79 Å². The minimum atomic E-state index is -2.99. The zero-order chi connectivity index (χ0) is 22.7. The summed E-state index contributed by atoms with van der Waals surface area (Å²) in [7, 11) is 2.64. The van der Waals surface area contributed by atoms with Crippen LogP contribution in [0.2, 0.25) is 0 Å². The summed E-state index contributed by atoms with van der Waals surface area (Å²) in [6.45, 7) is 0.749. The van der Waals surface area contributed by atoms with Crippen LogP contribution in [0.15, 0.2) is 53.7 Å². The Labute approximate surface area is 184 Å². The van der Waals surface area contributed by atoms with Gasteiger partial charge < -0.3 is 19.5 Å². The molecule has 0 saturated heterocycles. The highest BCUT2D eigenvalue weighted by Crippen LogP contribution is 2.38. The van der Waals surface area contributed by atoms with Crippen molar-refractivity contribution < 1.29 is 27.8 Å². The molecule has 0 aromatic heterocycles. The van der Waals surface area contributed by atoms with Crippen LogP contribution in [0.5, 0.6) is 11.5 Å². The van der Waals surface area contributed by atoms with E-state index in [1.165, 1.54) is 26.4 Å². The molecule has 1 heterocycles. The molecule has 0 bridgehead atoms. The van der Waals surface area contributed by atoms with E-state index in [1.54, 1.807) is 17.9 Å². The summed E-state index contributed by atoms with van der Waals surface area (Å²) in [6, 6.07) is 11.5. The van der Waals surface area contributed by atoms with Gasteiger partial charge in [0.25, 0.3) is 0 Å². The Hall–Kier alpha value is -3.20. The Morgan fingerprint density at radius 3 is 2.48 bits per heavy atom. The minimum Gasteiger partial charge on any atom is -0.493 e. The number of aryl methyl sites for hydroxylation is 1. The van der Waals surface area contributed by atoms with Gasteiger partial charge in [0.1, 0.15) is 0 Å². The van der Waals surface area contributed by atoms with Crippen molar-refractivity contribution in [3.63, 3.8) is 0 Å². The topological polar surface area (TPSA) is 60.0 Å². The van der Waals surface area contributed by atoms with E-state index >= 15 is 0 Å². The Bertz CT molecular complexity index is 1040. The maximum atomic E-state index is 12.7. The first kappa shape index (κ1) is 22.5. The molecule has 0 radical (unpaired) electrons. The molecule has 164 valence electrons. The number of alkyl halides is 2. The molecule has 0 spiro atoms. The van der Waals surface area contributed by atoms with E-state index in [0.29, 0.717) is 21.9 Å². The number of nitrogens with zero attached hydrogens (tertiary/aromatic N) is 1. The average molecular weight is 448 g/mol. The molecule has 31 heavy (non-hydrogen) atoms. The first-order chi connectivity index (χ1) is 14.8. The van der Waals surface area contributed by atoms with Gasteiger partial charge in [-0.05, 0) is 61.5 Å². The van der Waals surface area contributed by atoms with Crippen LogP contribution in [0, 0.1) is 6.92 Å². The van der Waals surface area contributed by atoms with Gasteiger partial charge in [0, 0.05) is 11.4 Å². The number of rotatable bonds is 6. The fourth-order valence-corrected chi connectivity index (χ4v) is 3.86. The maximum absolute atomic E-state index is 12.7. The van der Waals surface area contributed by atoms with Gasteiger partial charge in [-0.3, -0.25) is 4.90 Å². The predicted molar refractivity (Wildman–Crippen MR) is 116 cm³/mol. The summed E-state index contributed by atoms with van der Waals surface area (Å²) in [5.41, 5.74) is 3.34. The molecule has 0 unspecified atom stereocenters. The van der Waals surface area contributed by atoms with Crippen LogP contribution in [0.3, 0.4) is 0 Å². The van der Waals surface area contributed by atoms with Crippen LogP contribution in [-0.2, 0) is 9.53 Å². The summed E-state index contributed by atoms with van der Waals surface area (Å²) >= 11 is 5.60. The number of hydrogen-bond donors (Lipinski definition) is 1. The molecule has 2 aromatic carbocycles. The highest BCUT2D eigenvalue weighted by Gasteiger charge is 2.35. The number of benzene rings is 2. The number of nitrogens with one attached hydrogen (secondary N) is 1. The lowest BCUT2D eigenvalue weighted by Gasteiger charge is -2.37. The number of carbonyl (C=O) groups is 1. The lowest BCUT2D eigenvalue weighted by atomic mass is 9.94. The van der Waals surface area contributed by atoms with Gasteiger partial charge in [0.15, 0.2) is 16.6 Å². The van der Waals surface area contributed by atoms with Gasteiger partial charge in [-0.1, -0.05) is 18.2 Å². The molecule has 0 amide bonds. The van der Waals surface area contributed by atoms with E-state index < -0.39 is 18.6 Å². The standard InChI is InChI=1S/C22H22F2N2O4S/c1-12-6-5-7-15(10-12)26-13(2)18(20(27)29-4)19(25-22(26)31)14-8-9-16(30-21(23)24)17(11-14)28-3/h5-11,19,21H,1-4H3,(H,25,31)/t19-/m1/s1. The van der Waals surface area contributed by atoms with Crippen LogP contribution in [-0.4, -0.2) is 31.9 Å². The second-order valence-corrected chi connectivity index (χ2v) is 7.22. The van der Waals surface area contributed by atoms with Crippen molar-refractivity contribution in [2.24, 2.45) is 0 Å². The molecular formula is C22H22F2N2O4S. The van der Waals surface area contributed by atoms with Crippen molar-refractivity contribution >= 4 is 29.0 Å². The highest BCUT2D eigenvalue weighted by atomic mass is 32.1. The van der Waals surface area contributed by atoms with Crippen molar-refractivity contribution in [2.75, 3.05) is 19.1 Å². The van der Waals surface area contributed by atoms with Crippen molar-refractivity contribution in [2.45, 2.75) is 26.5 Å². The minimum absolute atomic E-state index is 0.105. The predicted octanol–water partition coefficient (Wildman–Crippen LogP) is 4.49. The molecular weight excluding hydrogens is 426 g/mol.